The molecule has 3 heterocycles. The average molecular weight is 546 g/mol. The van der Waals surface area contributed by atoms with Gasteiger partial charge in [0, 0.05) is 43.7 Å². The third kappa shape index (κ3) is 6.24. The van der Waals surface area contributed by atoms with Crippen molar-refractivity contribution in [2.24, 2.45) is 0 Å². The minimum Gasteiger partial charge on any atom is -0.497 e. The number of aryl methyl sites for hydroxylation is 2. The van der Waals surface area contributed by atoms with Crippen molar-refractivity contribution in [2.45, 2.75) is 46.3 Å². The van der Waals surface area contributed by atoms with Gasteiger partial charge in [-0.05, 0) is 65.6 Å². The zero-order valence-electron chi connectivity index (χ0n) is 23.9. The van der Waals surface area contributed by atoms with Gasteiger partial charge in [0.05, 0.1) is 38.4 Å². The van der Waals surface area contributed by atoms with Crippen LogP contribution in [0.5, 0.6) is 5.75 Å². The van der Waals surface area contributed by atoms with Gasteiger partial charge in [-0.15, -0.1) is 5.10 Å². The first-order valence-electron chi connectivity index (χ1n) is 14.0. The molecule has 10 heteroatoms. The van der Waals surface area contributed by atoms with E-state index in [2.05, 4.69) is 62.4 Å². The average Bonchev–Trinajstić information content (AvgIpc) is 3.43. The monoisotopic (exact) mass is 545 g/mol. The number of benzene rings is 2. The summed E-state index contributed by atoms with van der Waals surface area (Å²) in [6.45, 7) is 12.3. The molecule has 5 rings (SSSR count). The Morgan fingerprint density at radius 2 is 1.85 bits per heavy atom. The standard InChI is InChI=1S/C30H39N7O3/c1-5-27(29-32-33-34-37(29)19-23-8-10-25(39-4)11-9-23)36(13-12-35-14-16-40-17-15-35)20-24-18-26-21(2)6-7-22(3)28(26)31-30(24)38/h6-11,18,27H,5,12-17,19-20H2,1-4H3,(H,31,38)/t27-/m1/s1. The predicted octanol–water partition coefficient (Wildman–Crippen LogP) is 3.47. The van der Waals surface area contributed by atoms with E-state index in [1.54, 1.807) is 7.11 Å². The van der Waals surface area contributed by atoms with E-state index >= 15 is 0 Å². The first-order valence-corrected chi connectivity index (χ1v) is 14.0. The Bertz CT molecular complexity index is 1480. The van der Waals surface area contributed by atoms with Crippen molar-refractivity contribution in [1.82, 2.24) is 35.0 Å². The molecule has 1 fully saturated rings. The summed E-state index contributed by atoms with van der Waals surface area (Å²) >= 11 is 0. The summed E-state index contributed by atoms with van der Waals surface area (Å²) < 4.78 is 12.7. The van der Waals surface area contributed by atoms with Crippen LogP contribution in [0.1, 0.15) is 47.5 Å². The van der Waals surface area contributed by atoms with Gasteiger partial charge in [-0.25, -0.2) is 4.68 Å². The largest absolute Gasteiger partial charge is 0.497 e. The number of morpholine rings is 1. The van der Waals surface area contributed by atoms with Gasteiger partial charge in [0.1, 0.15) is 5.75 Å². The second kappa shape index (κ2) is 12.7. The lowest BCUT2D eigenvalue weighted by Gasteiger charge is -2.33. The number of methoxy groups -OCH3 is 1. The number of hydrogen-bond donors (Lipinski definition) is 1. The fraction of sp³-hybridized carbons (Fsp3) is 0.467. The lowest BCUT2D eigenvalue weighted by atomic mass is 10.0. The number of rotatable bonds is 11. The summed E-state index contributed by atoms with van der Waals surface area (Å²) in [4.78, 5) is 21.3. The van der Waals surface area contributed by atoms with Crippen LogP contribution in [0.15, 0.2) is 47.3 Å². The molecule has 2 aromatic carbocycles. The quantitative estimate of drug-likeness (QED) is 0.306. The molecule has 0 unspecified atom stereocenters. The summed E-state index contributed by atoms with van der Waals surface area (Å²) in [5.41, 5.74) is 4.90. The number of nitrogens with zero attached hydrogens (tertiary/aromatic N) is 6. The summed E-state index contributed by atoms with van der Waals surface area (Å²) in [6.07, 6.45) is 0.801. The maximum Gasteiger partial charge on any atom is 0.252 e. The SMILES string of the molecule is CC[C@H](c1nnnn1Cc1ccc(OC)cc1)N(CCN1CCOCC1)Cc1cc2c(C)ccc(C)c2[nH]c1=O. The van der Waals surface area contributed by atoms with Gasteiger partial charge in [-0.2, -0.15) is 0 Å². The maximum atomic E-state index is 13.3. The van der Waals surface area contributed by atoms with Gasteiger partial charge in [0.2, 0.25) is 0 Å². The van der Waals surface area contributed by atoms with Gasteiger partial charge in [0.15, 0.2) is 5.82 Å². The van der Waals surface area contributed by atoms with Crippen LogP contribution < -0.4 is 10.3 Å². The van der Waals surface area contributed by atoms with Gasteiger partial charge in [-0.1, -0.05) is 31.2 Å². The topological polar surface area (TPSA) is 101 Å². The predicted molar refractivity (Wildman–Crippen MR) is 155 cm³/mol. The third-order valence-electron chi connectivity index (χ3n) is 7.88. The number of hydrogen-bond acceptors (Lipinski definition) is 8. The first kappa shape index (κ1) is 27.9. The molecular weight excluding hydrogens is 506 g/mol. The first-order chi connectivity index (χ1) is 19.5. The van der Waals surface area contributed by atoms with E-state index in [0.29, 0.717) is 13.1 Å². The van der Waals surface area contributed by atoms with Gasteiger partial charge < -0.3 is 14.5 Å². The number of H-pyrrole nitrogens is 1. The zero-order valence-corrected chi connectivity index (χ0v) is 23.9. The van der Waals surface area contributed by atoms with E-state index < -0.39 is 0 Å². The molecule has 1 N–H and O–H groups in total. The summed E-state index contributed by atoms with van der Waals surface area (Å²) in [6, 6.07) is 14.1. The van der Waals surface area contributed by atoms with E-state index in [1.165, 1.54) is 0 Å². The van der Waals surface area contributed by atoms with Crippen molar-refractivity contribution in [1.29, 1.82) is 0 Å². The van der Waals surface area contributed by atoms with Crippen molar-refractivity contribution >= 4 is 10.9 Å². The molecule has 1 atom stereocenters. The number of nitrogens with one attached hydrogen (secondary N) is 1. The number of aromatic nitrogens is 5. The highest BCUT2D eigenvalue weighted by Crippen LogP contribution is 2.26. The van der Waals surface area contributed by atoms with Crippen LogP contribution in [-0.2, 0) is 17.8 Å². The van der Waals surface area contributed by atoms with E-state index in [0.717, 1.165) is 90.5 Å². The fourth-order valence-electron chi connectivity index (χ4n) is 5.46. The zero-order chi connectivity index (χ0) is 28.1. The molecule has 0 bridgehead atoms. The van der Waals surface area contributed by atoms with Crippen LogP contribution in [0.4, 0.5) is 0 Å². The maximum absolute atomic E-state index is 13.3. The number of tetrazole rings is 1. The molecule has 0 radical (unpaired) electrons. The van der Waals surface area contributed by atoms with E-state index in [4.69, 9.17) is 9.47 Å². The van der Waals surface area contributed by atoms with E-state index in [1.807, 2.05) is 35.9 Å². The van der Waals surface area contributed by atoms with Crippen molar-refractivity contribution < 1.29 is 9.47 Å². The molecule has 40 heavy (non-hydrogen) atoms. The van der Waals surface area contributed by atoms with Crippen LogP contribution in [0, 0.1) is 13.8 Å². The highest BCUT2D eigenvalue weighted by atomic mass is 16.5. The van der Waals surface area contributed by atoms with Crippen molar-refractivity contribution in [2.75, 3.05) is 46.5 Å². The lowest BCUT2D eigenvalue weighted by Crippen LogP contribution is -2.43. The molecule has 4 aromatic rings. The Labute approximate surface area is 234 Å². The summed E-state index contributed by atoms with van der Waals surface area (Å²) in [5, 5.41) is 14.0. The Kier molecular flexibility index (Phi) is 8.88. The van der Waals surface area contributed by atoms with E-state index in [9.17, 15) is 4.79 Å². The van der Waals surface area contributed by atoms with Crippen LogP contribution >= 0.6 is 0 Å². The minimum absolute atomic E-state index is 0.0507. The molecular formula is C30H39N7O3. The minimum atomic E-state index is -0.0667. The van der Waals surface area contributed by atoms with Gasteiger partial charge in [-0.3, -0.25) is 14.6 Å². The highest BCUT2D eigenvalue weighted by molar-refractivity contribution is 5.85. The smallest absolute Gasteiger partial charge is 0.252 e. The molecule has 0 amide bonds. The Morgan fingerprint density at radius 1 is 1.10 bits per heavy atom. The summed E-state index contributed by atoms with van der Waals surface area (Å²) in [5.74, 6) is 1.61. The molecule has 1 aliphatic heterocycles. The molecule has 0 aliphatic carbocycles. The second-order valence-electron chi connectivity index (χ2n) is 10.5. The Balaban J connectivity index is 1.46. The Morgan fingerprint density at radius 3 is 2.58 bits per heavy atom. The highest BCUT2D eigenvalue weighted by Gasteiger charge is 2.27. The Hall–Kier alpha value is -3.60. The number of ether oxygens (including phenoxy) is 2. The molecule has 1 saturated heterocycles. The molecule has 10 nitrogen and oxygen atoms in total. The van der Waals surface area contributed by atoms with Crippen LogP contribution in [0.25, 0.3) is 10.9 Å². The molecule has 0 spiro atoms. The lowest BCUT2D eigenvalue weighted by molar-refractivity contribution is 0.0292. The number of fused-ring (bicyclic) bond motifs is 1. The number of aromatic amines is 1. The van der Waals surface area contributed by atoms with Crippen LogP contribution in [0.3, 0.4) is 0 Å². The van der Waals surface area contributed by atoms with Gasteiger partial charge >= 0.3 is 0 Å². The number of pyridine rings is 1. The normalized spacial score (nSPS) is 15.1. The summed E-state index contributed by atoms with van der Waals surface area (Å²) in [7, 11) is 1.66. The molecule has 0 saturated carbocycles. The van der Waals surface area contributed by atoms with Crippen LogP contribution in [-0.4, -0.2) is 81.5 Å². The van der Waals surface area contributed by atoms with Crippen molar-refractivity contribution in [3.63, 3.8) is 0 Å². The molecule has 1 aliphatic rings. The fourth-order valence-corrected chi connectivity index (χ4v) is 5.46. The van der Waals surface area contributed by atoms with Crippen molar-refractivity contribution in [3.8, 4) is 5.75 Å². The van der Waals surface area contributed by atoms with Gasteiger partial charge in [0.25, 0.3) is 5.56 Å². The molecule has 2 aromatic heterocycles. The second-order valence-corrected chi connectivity index (χ2v) is 10.5. The molecule has 212 valence electrons. The van der Waals surface area contributed by atoms with E-state index in [-0.39, 0.29) is 11.6 Å². The third-order valence-corrected chi connectivity index (χ3v) is 7.88. The van der Waals surface area contributed by atoms with Crippen LogP contribution in [0.2, 0.25) is 0 Å². The van der Waals surface area contributed by atoms with Crippen molar-refractivity contribution in [3.05, 3.63) is 80.9 Å².